The van der Waals surface area contributed by atoms with Crippen molar-refractivity contribution in [2.75, 3.05) is 23.1 Å². The zero-order chi connectivity index (χ0) is 19.7. The molecule has 2 aromatic rings. The zero-order valence-corrected chi connectivity index (χ0v) is 16.1. The van der Waals surface area contributed by atoms with Gasteiger partial charge in [0.05, 0.1) is 22.6 Å². The van der Waals surface area contributed by atoms with Crippen LogP contribution in [0.25, 0.3) is 0 Å². The normalized spacial score (nSPS) is 16.4. The number of hydrogen-bond donors (Lipinski definition) is 2. The molecule has 0 atom stereocenters. The Morgan fingerprint density at radius 2 is 1.79 bits per heavy atom. The summed E-state index contributed by atoms with van der Waals surface area (Å²) in [6.07, 6.45) is 3.18. The maximum atomic E-state index is 12.9. The number of anilines is 2. The van der Waals surface area contributed by atoms with Crippen LogP contribution in [0.15, 0.2) is 47.4 Å². The molecule has 0 spiro atoms. The van der Waals surface area contributed by atoms with E-state index in [9.17, 15) is 18.0 Å². The molecule has 2 N–H and O–H groups in total. The van der Waals surface area contributed by atoms with E-state index in [1.165, 1.54) is 12.1 Å². The van der Waals surface area contributed by atoms with E-state index in [1.807, 2.05) is 0 Å². The first kappa shape index (κ1) is 18.5. The highest BCUT2D eigenvalue weighted by atomic mass is 32.2. The van der Waals surface area contributed by atoms with Gasteiger partial charge in [0.25, 0.3) is 15.9 Å². The van der Waals surface area contributed by atoms with E-state index in [0.717, 1.165) is 19.3 Å². The number of hydrogen-bond acceptors (Lipinski definition) is 4. The maximum Gasteiger partial charge on any atom is 0.261 e. The number of benzene rings is 2. The highest BCUT2D eigenvalue weighted by Gasteiger charge is 2.25. The monoisotopic (exact) mass is 399 g/mol. The Balaban J connectivity index is 1.61. The summed E-state index contributed by atoms with van der Waals surface area (Å²) < 4.78 is 28.3. The van der Waals surface area contributed by atoms with Crippen molar-refractivity contribution in [3.63, 3.8) is 0 Å². The van der Waals surface area contributed by atoms with Gasteiger partial charge in [-0.3, -0.25) is 14.3 Å². The predicted octanol–water partition coefficient (Wildman–Crippen LogP) is 2.61. The molecule has 2 amide bonds. The molecule has 2 aromatic carbocycles. The van der Waals surface area contributed by atoms with Crippen LogP contribution in [0.5, 0.6) is 0 Å². The second-order valence-corrected chi connectivity index (χ2v) is 8.73. The summed E-state index contributed by atoms with van der Waals surface area (Å²) in [4.78, 5) is 26.2. The van der Waals surface area contributed by atoms with E-state index < -0.39 is 10.0 Å². The van der Waals surface area contributed by atoms with Gasteiger partial charge in [-0.15, -0.1) is 0 Å². The van der Waals surface area contributed by atoms with Crippen molar-refractivity contribution in [3.8, 4) is 0 Å². The van der Waals surface area contributed by atoms with Crippen molar-refractivity contribution >= 4 is 33.2 Å². The summed E-state index contributed by atoms with van der Waals surface area (Å²) in [6.45, 7) is 1.37. The first-order valence-corrected chi connectivity index (χ1v) is 10.8. The van der Waals surface area contributed by atoms with Gasteiger partial charge in [-0.05, 0) is 55.2 Å². The summed E-state index contributed by atoms with van der Waals surface area (Å²) in [5.41, 5.74) is 1.87. The predicted molar refractivity (Wildman–Crippen MR) is 106 cm³/mol. The Bertz CT molecular complexity index is 1040. The quantitative estimate of drug-likeness (QED) is 0.826. The van der Waals surface area contributed by atoms with Gasteiger partial charge in [0.15, 0.2) is 0 Å². The van der Waals surface area contributed by atoms with E-state index in [-0.39, 0.29) is 28.8 Å². The van der Waals surface area contributed by atoms with Gasteiger partial charge in [0.2, 0.25) is 5.91 Å². The van der Waals surface area contributed by atoms with Gasteiger partial charge in [0.1, 0.15) is 0 Å². The largest absolute Gasteiger partial charge is 0.339 e. The van der Waals surface area contributed by atoms with Crippen LogP contribution in [-0.2, 0) is 21.2 Å². The highest BCUT2D eigenvalue weighted by Crippen LogP contribution is 2.28. The Kier molecular flexibility index (Phi) is 4.80. The van der Waals surface area contributed by atoms with Crippen LogP contribution < -0.4 is 10.0 Å². The molecule has 28 heavy (non-hydrogen) atoms. The van der Waals surface area contributed by atoms with E-state index in [0.29, 0.717) is 29.9 Å². The van der Waals surface area contributed by atoms with Crippen LogP contribution in [0.1, 0.15) is 35.2 Å². The fourth-order valence-electron chi connectivity index (χ4n) is 3.60. The molecule has 4 rings (SSSR count). The maximum absolute atomic E-state index is 12.9. The molecular weight excluding hydrogens is 378 g/mol. The standard InChI is InChI=1S/C20H21N3O4S/c24-19-13-14-12-15(8-9-17(14)21-19)28(26,27)22-18-7-3-2-6-16(18)20(25)23-10-4-1-5-11-23/h2-3,6-9,12,22H,1,4-5,10-11,13H2,(H,21,24). The molecule has 146 valence electrons. The van der Waals surface area contributed by atoms with Crippen LogP contribution in [-0.4, -0.2) is 38.2 Å². The van der Waals surface area contributed by atoms with Crippen LogP contribution in [0.3, 0.4) is 0 Å². The first-order valence-electron chi connectivity index (χ1n) is 9.28. The van der Waals surface area contributed by atoms with Gasteiger partial charge in [0, 0.05) is 18.8 Å². The molecule has 0 radical (unpaired) electrons. The number of para-hydroxylation sites is 1. The number of piperidine rings is 1. The van der Waals surface area contributed by atoms with Gasteiger partial charge in [-0.2, -0.15) is 0 Å². The number of rotatable bonds is 4. The molecule has 0 saturated carbocycles. The number of carbonyl (C=O) groups is 2. The third kappa shape index (κ3) is 3.60. The number of carbonyl (C=O) groups excluding carboxylic acids is 2. The zero-order valence-electron chi connectivity index (χ0n) is 15.3. The average molecular weight is 399 g/mol. The lowest BCUT2D eigenvalue weighted by Gasteiger charge is -2.27. The van der Waals surface area contributed by atoms with E-state index in [2.05, 4.69) is 10.0 Å². The lowest BCUT2D eigenvalue weighted by molar-refractivity contribution is -0.115. The number of amides is 2. The Morgan fingerprint density at radius 3 is 2.57 bits per heavy atom. The first-order chi connectivity index (χ1) is 13.4. The van der Waals surface area contributed by atoms with Crippen molar-refractivity contribution in [3.05, 3.63) is 53.6 Å². The smallest absolute Gasteiger partial charge is 0.261 e. The second-order valence-electron chi connectivity index (χ2n) is 7.05. The summed E-state index contributed by atoms with van der Waals surface area (Å²) in [5, 5.41) is 2.68. The molecular formula is C20H21N3O4S. The molecule has 1 saturated heterocycles. The molecule has 8 heteroatoms. The van der Waals surface area contributed by atoms with E-state index in [4.69, 9.17) is 0 Å². The number of fused-ring (bicyclic) bond motifs is 1. The number of sulfonamides is 1. The lowest BCUT2D eigenvalue weighted by Crippen LogP contribution is -2.36. The topological polar surface area (TPSA) is 95.6 Å². The highest BCUT2D eigenvalue weighted by molar-refractivity contribution is 7.92. The van der Waals surface area contributed by atoms with Gasteiger partial charge < -0.3 is 10.2 Å². The molecule has 0 bridgehead atoms. The lowest BCUT2D eigenvalue weighted by atomic mass is 10.1. The molecule has 7 nitrogen and oxygen atoms in total. The minimum atomic E-state index is -3.90. The Hall–Kier alpha value is -2.87. The summed E-state index contributed by atoms with van der Waals surface area (Å²) >= 11 is 0. The van der Waals surface area contributed by atoms with Crippen molar-refractivity contribution in [2.24, 2.45) is 0 Å². The SMILES string of the molecule is O=C1Cc2cc(S(=O)(=O)Nc3ccccc3C(=O)N3CCCCC3)ccc2N1. The summed E-state index contributed by atoms with van der Waals surface area (Å²) in [7, 11) is -3.90. The van der Waals surface area contributed by atoms with Crippen LogP contribution in [0.2, 0.25) is 0 Å². The van der Waals surface area contributed by atoms with E-state index >= 15 is 0 Å². The molecule has 0 unspecified atom stereocenters. The second kappa shape index (κ2) is 7.27. The van der Waals surface area contributed by atoms with Crippen LogP contribution in [0.4, 0.5) is 11.4 Å². The van der Waals surface area contributed by atoms with E-state index in [1.54, 1.807) is 35.2 Å². The van der Waals surface area contributed by atoms with Crippen molar-refractivity contribution in [2.45, 2.75) is 30.6 Å². The summed E-state index contributed by atoms with van der Waals surface area (Å²) in [5.74, 6) is -0.322. The van der Waals surface area contributed by atoms with Gasteiger partial charge in [-0.25, -0.2) is 8.42 Å². The van der Waals surface area contributed by atoms with Crippen LogP contribution >= 0.6 is 0 Å². The molecule has 0 aliphatic carbocycles. The minimum Gasteiger partial charge on any atom is -0.339 e. The minimum absolute atomic E-state index is 0.0583. The molecule has 0 aromatic heterocycles. The Morgan fingerprint density at radius 1 is 1.04 bits per heavy atom. The number of nitrogens with zero attached hydrogens (tertiary/aromatic N) is 1. The third-order valence-electron chi connectivity index (χ3n) is 5.06. The molecule has 2 aliphatic heterocycles. The molecule has 2 heterocycles. The van der Waals surface area contributed by atoms with Gasteiger partial charge in [-0.1, -0.05) is 12.1 Å². The number of nitrogens with one attached hydrogen (secondary N) is 2. The van der Waals surface area contributed by atoms with Crippen LogP contribution in [0, 0.1) is 0 Å². The number of likely N-dealkylation sites (tertiary alicyclic amines) is 1. The molecule has 1 fully saturated rings. The Labute approximate surface area is 163 Å². The van der Waals surface area contributed by atoms with Crippen molar-refractivity contribution < 1.29 is 18.0 Å². The molecule has 2 aliphatic rings. The third-order valence-corrected chi connectivity index (χ3v) is 6.42. The van der Waals surface area contributed by atoms with Crippen molar-refractivity contribution in [1.29, 1.82) is 0 Å². The van der Waals surface area contributed by atoms with Gasteiger partial charge >= 0.3 is 0 Å². The average Bonchev–Trinajstić information content (AvgIpc) is 3.07. The van der Waals surface area contributed by atoms with Crippen molar-refractivity contribution in [1.82, 2.24) is 4.90 Å². The summed E-state index contributed by atoms with van der Waals surface area (Å²) in [6, 6.07) is 11.2. The fraction of sp³-hybridized carbons (Fsp3) is 0.300. The fourth-order valence-corrected chi connectivity index (χ4v) is 4.73.